The first kappa shape index (κ1) is 15.8. The SMILES string of the molecule is O=C(NC1C2CCC(C2)C1CO)C1CCN(c2ncccn2)CC1. The van der Waals surface area contributed by atoms with E-state index in [9.17, 15) is 9.90 Å². The molecule has 1 aliphatic heterocycles. The van der Waals surface area contributed by atoms with Crippen molar-refractivity contribution in [1.29, 1.82) is 0 Å². The molecule has 2 bridgehead atoms. The zero-order valence-electron chi connectivity index (χ0n) is 14.0. The van der Waals surface area contributed by atoms with Gasteiger partial charge >= 0.3 is 0 Å². The molecule has 24 heavy (non-hydrogen) atoms. The van der Waals surface area contributed by atoms with Gasteiger partial charge < -0.3 is 15.3 Å². The first-order chi connectivity index (χ1) is 11.8. The fourth-order valence-electron chi connectivity index (χ4n) is 4.98. The number of aliphatic hydroxyl groups excluding tert-OH is 1. The normalized spacial score (nSPS) is 33.0. The minimum absolute atomic E-state index is 0.0726. The molecular formula is C18H26N4O2. The Labute approximate surface area is 142 Å². The van der Waals surface area contributed by atoms with Gasteiger partial charge in [-0.15, -0.1) is 0 Å². The van der Waals surface area contributed by atoms with E-state index in [-0.39, 0.29) is 30.4 Å². The molecule has 130 valence electrons. The second-order valence-electron chi connectivity index (χ2n) is 7.52. The average molecular weight is 330 g/mol. The van der Waals surface area contributed by atoms with Crippen molar-refractivity contribution in [3.63, 3.8) is 0 Å². The summed E-state index contributed by atoms with van der Waals surface area (Å²) < 4.78 is 0. The predicted octanol–water partition coefficient (Wildman–Crippen LogP) is 1.22. The van der Waals surface area contributed by atoms with Crippen LogP contribution in [0.2, 0.25) is 0 Å². The van der Waals surface area contributed by atoms with Crippen molar-refractivity contribution < 1.29 is 9.90 Å². The maximum Gasteiger partial charge on any atom is 0.225 e. The lowest BCUT2D eigenvalue weighted by molar-refractivity contribution is -0.127. The van der Waals surface area contributed by atoms with Gasteiger partial charge in [0.1, 0.15) is 0 Å². The van der Waals surface area contributed by atoms with Crippen LogP contribution in [0.1, 0.15) is 32.1 Å². The summed E-state index contributed by atoms with van der Waals surface area (Å²) in [7, 11) is 0. The van der Waals surface area contributed by atoms with Crippen LogP contribution in [-0.4, -0.2) is 46.7 Å². The maximum absolute atomic E-state index is 12.7. The second-order valence-corrected chi connectivity index (χ2v) is 7.52. The molecule has 1 saturated heterocycles. The zero-order valence-corrected chi connectivity index (χ0v) is 14.0. The molecule has 1 aromatic heterocycles. The van der Waals surface area contributed by atoms with Crippen LogP contribution in [0.3, 0.4) is 0 Å². The Kier molecular flexibility index (Phi) is 4.39. The number of piperidine rings is 1. The number of fused-ring (bicyclic) bond motifs is 2. The molecule has 2 N–H and O–H groups in total. The number of carbonyl (C=O) groups is 1. The molecule has 6 heteroatoms. The number of carbonyl (C=O) groups excluding carboxylic acids is 1. The van der Waals surface area contributed by atoms with E-state index in [0.29, 0.717) is 11.8 Å². The number of aliphatic hydroxyl groups is 1. The first-order valence-corrected chi connectivity index (χ1v) is 9.19. The van der Waals surface area contributed by atoms with Gasteiger partial charge in [-0.1, -0.05) is 0 Å². The fraction of sp³-hybridized carbons (Fsp3) is 0.722. The lowest BCUT2D eigenvalue weighted by Crippen LogP contribution is -2.49. The number of hydrogen-bond donors (Lipinski definition) is 2. The molecule has 4 rings (SSSR count). The Morgan fingerprint density at radius 3 is 2.58 bits per heavy atom. The maximum atomic E-state index is 12.7. The molecule has 3 aliphatic rings. The van der Waals surface area contributed by atoms with Crippen LogP contribution in [-0.2, 0) is 4.79 Å². The van der Waals surface area contributed by atoms with E-state index in [2.05, 4.69) is 20.2 Å². The number of nitrogens with zero attached hydrogens (tertiary/aromatic N) is 3. The van der Waals surface area contributed by atoms with E-state index in [0.717, 1.165) is 31.9 Å². The summed E-state index contributed by atoms with van der Waals surface area (Å²) in [5.41, 5.74) is 0. The lowest BCUT2D eigenvalue weighted by Gasteiger charge is -2.34. The highest BCUT2D eigenvalue weighted by atomic mass is 16.3. The van der Waals surface area contributed by atoms with Crippen molar-refractivity contribution in [2.45, 2.75) is 38.1 Å². The summed E-state index contributed by atoms with van der Waals surface area (Å²) in [6.45, 7) is 1.85. The number of anilines is 1. The monoisotopic (exact) mass is 330 g/mol. The van der Waals surface area contributed by atoms with Gasteiger partial charge in [0.25, 0.3) is 0 Å². The van der Waals surface area contributed by atoms with Crippen LogP contribution in [0.15, 0.2) is 18.5 Å². The van der Waals surface area contributed by atoms with Crippen molar-refractivity contribution in [2.75, 3.05) is 24.6 Å². The highest BCUT2D eigenvalue weighted by Crippen LogP contribution is 2.48. The van der Waals surface area contributed by atoms with E-state index in [1.54, 1.807) is 12.4 Å². The minimum Gasteiger partial charge on any atom is -0.396 e. The largest absolute Gasteiger partial charge is 0.396 e. The fourth-order valence-corrected chi connectivity index (χ4v) is 4.98. The number of hydrogen-bond acceptors (Lipinski definition) is 5. The summed E-state index contributed by atoms with van der Waals surface area (Å²) in [5, 5.41) is 13.0. The van der Waals surface area contributed by atoms with Gasteiger partial charge in [0, 0.05) is 50.0 Å². The van der Waals surface area contributed by atoms with Crippen LogP contribution >= 0.6 is 0 Å². The number of aromatic nitrogens is 2. The van der Waals surface area contributed by atoms with Crippen LogP contribution in [0, 0.1) is 23.7 Å². The van der Waals surface area contributed by atoms with Gasteiger partial charge in [-0.2, -0.15) is 0 Å². The minimum atomic E-state index is 0.0726. The van der Waals surface area contributed by atoms with E-state index in [4.69, 9.17) is 0 Å². The molecular weight excluding hydrogens is 304 g/mol. The molecule has 2 saturated carbocycles. The lowest BCUT2D eigenvalue weighted by atomic mass is 9.84. The van der Waals surface area contributed by atoms with Crippen LogP contribution in [0.4, 0.5) is 5.95 Å². The molecule has 4 atom stereocenters. The van der Waals surface area contributed by atoms with E-state index in [1.165, 1.54) is 19.3 Å². The quantitative estimate of drug-likeness (QED) is 0.868. The van der Waals surface area contributed by atoms with E-state index >= 15 is 0 Å². The molecule has 0 spiro atoms. The molecule has 1 aromatic rings. The predicted molar refractivity (Wildman–Crippen MR) is 90.3 cm³/mol. The van der Waals surface area contributed by atoms with Gasteiger partial charge in [-0.05, 0) is 50.0 Å². The van der Waals surface area contributed by atoms with Crippen molar-refractivity contribution in [3.8, 4) is 0 Å². The summed E-state index contributed by atoms with van der Waals surface area (Å²) in [6.07, 6.45) is 8.80. The van der Waals surface area contributed by atoms with Gasteiger partial charge in [0.2, 0.25) is 11.9 Å². The van der Waals surface area contributed by atoms with Crippen LogP contribution in [0.25, 0.3) is 0 Å². The smallest absolute Gasteiger partial charge is 0.225 e. The average Bonchev–Trinajstić information content (AvgIpc) is 3.24. The standard InChI is InChI=1S/C18H26N4O2/c23-11-15-13-2-3-14(10-13)16(15)21-17(24)12-4-8-22(9-5-12)18-19-6-1-7-20-18/h1,6-7,12-16,23H,2-5,8-11H2,(H,21,24). The third-order valence-corrected chi connectivity index (χ3v) is 6.31. The van der Waals surface area contributed by atoms with Gasteiger partial charge in [0.05, 0.1) is 0 Å². The Bertz CT molecular complexity index is 574. The van der Waals surface area contributed by atoms with Crippen LogP contribution in [0.5, 0.6) is 0 Å². The Balaban J connectivity index is 1.32. The Morgan fingerprint density at radius 2 is 1.88 bits per heavy atom. The van der Waals surface area contributed by atoms with Crippen molar-refractivity contribution in [1.82, 2.24) is 15.3 Å². The molecule has 0 radical (unpaired) electrons. The van der Waals surface area contributed by atoms with E-state index < -0.39 is 0 Å². The first-order valence-electron chi connectivity index (χ1n) is 9.19. The van der Waals surface area contributed by atoms with Gasteiger partial charge in [-0.25, -0.2) is 9.97 Å². The third-order valence-electron chi connectivity index (χ3n) is 6.31. The topological polar surface area (TPSA) is 78.4 Å². The summed E-state index contributed by atoms with van der Waals surface area (Å²) in [5.74, 6) is 2.47. The van der Waals surface area contributed by atoms with Crippen molar-refractivity contribution >= 4 is 11.9 Å². The highest BCUT2D eigenvalue weighted by molar-refractivity contribution is 5.79. The Morgan fingerprint density at radius 1 is 1.17 bits per heavy atom. The third kappa shape index (κ3) is 2.88. The summed E-state index contributed by atoms with van der Waals surface area (Å²) >= 11 is 0. The summed E-state index contributed by atoms with van der Waals surface area (Å²) in [6, 6.07) is 2.01. The highest BCUT2D eigenvalue weighted by Gasteiger charge is 2.48. The molecule has 3 fully saturated rings. The van der Waals surface area contributed by atoms with E-state index in [1.807, 2.05) is 6.07 Å². The summed E-state index contributed by atoms with van der Waals surface area (Å²) in [4.78, 5) is 23.4. The number of nitrogens with one attached hydrogen (secondary N) is 1. The molecule has 2 heterocycles. The number of amides is 1. The van der Waals surface area contributed by atoms with Crippen molar-refractivity contribution in [3.05, 3.63) is 18.5 Å². The van der Waals surface area contributed by atoms with Crippen LogP contribution < -0.4 is 10.2 Å². The second kappa shape index (κ2) is 6.67. The van der Waals surface area contributed by atoms with Crippen molar-refractivity contribution in [2.24, 2.45) is 23.7 Å². The molecule has 2 aliphatic carbocycles. The molecule has 4 unspecified atom stereocenters. The zero-order chi connectivity index (χ0) is 16.5. The number of rotatable bonds is 4. The van der Waals surface area contributed by atoms with Gasteiger partial charge in [0.15, 0.2) is 0 Å². The Hall–Kier alpha value is -1.69. The molecule has 0 aromatic carbocycles. The molecule has 6 nitrogen and oxygen atoms in total. The van der Waals surface area contributed by atoms with Gasteiger partial charge in [-0.3, -0.25) is 4.79 Å². The molecule has 1 amide bonds.